The molecule has 51 heavy (non-hydrogen) atoms. The Morgan fingerprint density at radius 1 is 0.569 bits per heavy atom. The van der Waals surface area contributed by atoms with Crippen LogP contribution in [-0.4, -0.2) is 65.7 Å². The van der Waals surface area contributed by atoms with Gasteiger partial charge in [-0.15, -0.1) is 0 Å². The van der Waals surface area contributed by atoms with Crippen LogP contribution in [-0.2, 0) is 32.7 Å². The third kappa shape index (κ3) is 36.6. The third-order valence-corrected chi connectivity index (χ3v) is 9.53. The van der Waals surface area contributed by atoms with E-state index in [2.05, 4.69) is 42.7 Å². The standard InChI is InChI=1S/C40H75O10P/c1-3-5-7-9-11-13-15-17-18-20-21-23-25-27-29-31-39(43)47-35-38(36-49-51(45,46)48-34-37(42)33-41)50-40(44)32-30-28-26-24-22-19-16-14-12-10-8-6-4-2/h14,16-18,37-38,41-42H,3-13,15,19-36H2,1-2H3,(H,45,46)/b16-14-,18-17-/t37-,38+/m0/s1. The van der Waals surface area contributed by atoms with Crippen molar-refractivity contribution in [2.45, 2.75) is 193 Å². The molecule has 0 amide bonds. The third-order valence-electron chi connectivity index (χ3n) is 8.58. The number of rotatable bonds is 38. The number of phosphoric acid groups is 1. The predicted octanol–water partition coefficient (Wildman–Crippen LogP) is 10.2. The summed E-state index contributed by atoms with van der Waals surface area (Å²) in [6, 6.07) is 0. The topological polar surface area (TPSA) is 149 Å². The zero-order valence-electron chi connectivity index (χ0n) is 32.3. The summed E-state index contributed by atoms with van der Waals surface area (Å²) < 4.78 is 32.6. The molecule has 0 aliphatic rings. The summed E-state index contributed by atoms with van der Waals surface area (Å²) in [6.45, 7) is 2.34. The Morgan fingerprint density at radius 3 is 1.43 bits per heavy atom. The van der Waals surface area contributed by atoms with Crippen molar-refractivity contribution in [1.29, 1.82) is 0 Å². The average Bonchev–Trinajstić information content (AvgIpc) is 3.12. The number of aliphatic hydroxyl groups excluding tert-OH is 2. The van der Waals surface area contributed by atoms with Crippen LogP contribution in [0.25, 0.3) is 0 Å². The van der Waals surface area contributed by atoms with Crippen LogP contribution in [0.2, 0.25) is 0 Å². The summed E-state index contributed by atoms with van der Waals surface area (Å²) in [5.41, 5.74) is 0. The molecule has 3 N–H and O–H groups in total. The van der Waals surface area contributed by atoms with Crippen LogP contribution < -0.4 is 0 Å². The number of aliphatic hydroxyl groups is 2. The highest BCUT2D eigenvalue weighted by atomic mass is 31.2. The Balaban J connectivity index is 4.35. The van der Waals surface area contributed by atoms with E-state index in [0.717, 1.165) is 70.6 Å². The second-order valence-electron chi connectivity index (χ2n) is 13.7. The molecule has 300 valence electrons. The summed E-state index contributed by atoms with van der Waals surface area (Å²) in [4.78, 5) is 34.9. The van der Waals surface area contributed by atoms with E-state index in [1.165, 1.54) is 70.6 Å². The molecule has 11 heteroatoms. The van der Waals surface area contributed by atoms with Crippen LogP contribution in [0.1, 0.15) is 181 Å². The molecule has 0 radical (unpaired) electrons. The first-order valence-corrected chi connectivity index (χ1v) is 21.8. The van der Waals surface area contributed by atoms with Gasteiger partial charge in [0.15, 0.2) is 6.10 Å². The van der Waals surface area contributed by atoms with E-state index >= 15 is 0 Å². The quantitative estimate of drug-likeness (QED) is 0.0241. The van der Waals surface area contributed by atoms with Gasteiger partial charge in [0.2, 0.25) is 0 Å². The molecule has 0 aromatic rings. The van der Waals surface area contributed by atoms with Crippen molar-refractivity contribution in [2.75, 3.05) is 26.4 Å². The van der Waals surface area contributed by atoms with Crippen LogP contribution in [0.4, 0.5) is 0 Å². The maximum Gasteiger partial charge on any atom is 0.472 e. The Bertz CT molecular complexity index is 910. The molecule has 3 atom stereocenters. The maximum absolute atomic E-state index is 12.6. The SMILES string of the molecule is CCCCCC/C=C\CCCCCCCC(=O)O[C@H](COC(=O)CCCCCCC/C=C\CCCCCCCC)COP(=O)(O)OC[C@@H](O)CO. The Morgan fingerprint density at radius 2 is 0.961 bits per heavy atom. The molecule has 0 aliphatic carbocycles. The van der Waals surface area contributed by atoms with Gasteiger partial charge in [-0.1, -0.05) is 128 Å². The Labute approximate surface area is 310 Å². The fourth-order valence-electron chi connectivity index (χ4n) is 5.39. The molecule has 0 saturated carbocycles. The second kappa shape index (κ2) is 36.8. The van der Waals surface area contributed by atoms with Crippen LogP contribution in [0.5, 0.6) is 0 Å². The lowest BCUT2D eigenvalue weighted by atomic mass is 10.1. The summed E-state index contributed by atoms with van der Waals surface area (Å²) in [7, 11) is -4.61. The van der Waals surface area contributed by atoms with Crippen LogP contribution in [0.3, 0.4) is 0 Å². The minimum atomic E-state index is -4.61. The number of unbranched alkanes of at least 4 members (excludes halogenated alkanes) is 20. The van der Waals surface area contributed by atoms with Crippen molar-refractivity contribution in [3.63, 3.8) is 0 Å². The Hall–Kier alpha value is -1.55. The van der Waals surface area contributed by atoms with E-state index in [1.807, 2.05) is 0 Å². The van der Waals surface area contributed by atoms with Gasteiger partial charge in [-0.3, -0.25) is 18.6 Å². The summed E-state index contributed by atoms with van der Waals surface area (Å²) in [5.74, 6) is -0.943. The lowest BCUT2D eigenvalue weighted by Crippen LogP contribution is -2.29. The van der Waals surface area contributed by atoms with Gasteiger partial charge in [0.05, 0.1) is 19.8 Å². The fraction of sp³-hybridized carbons (Fsp3) is 0.850. The molecule has 0 aromatic heterocycles. The molecule has 0 heterocycles. The van der Waals surface area contributed by atoms with Crippen molar-refractivity contribution in [3.05, 3.63) is 24.3 Å². The van der Waals surface area contributed by atoms with Crippen LogP contribution in [0.15, 0.2) is 24.3 Å². The lowest BCUT2D eigenvalue weighted by molar-refractivity contribution is -0.161. The minimum absolute atomic E-state index is 0.174. The number of esters is 2. The van der Waals surface area contributed by atoms with Crippen LogP contribution in [0, 0.1) is 0 Å². The smallest absolute Gasteiger partial charge is 0.462 e. The molecule has 0 bridgehead atoms. The number of carbonyl (C=O) groups is 2. The molecule has 1 unspecified atom stereocenters. The molecule has 0 rings (SSSR count). The van der Waals surface area contributed by atoms with Crippen molar-refractivity contribution in [1.82, 2.24) is 0 Å². The highest BCUT2D eigenvalue weighted by Crippen LogP contribution is 2.43. The number of hydrogen-bond donors (Lipinski definition) is 3. The fourth-order valence-corrected chi connectivity index (χ4v) is 6.18. The number of allylic oxidation sites excluding steroid dienone is 4. The first-order valence-electron chi connectivity index (χ1n) is 20.3. The minimum Gasteiger partial charge on any atom is -0.462 e. The van der Waals surface area contributed by atoms with E-state index in [0.29, 0.717) is 12.8 Å². The van der Waals surface area contributed by atoms with E-state index in [9.17, 15) is 24.2 Å². The van der Waals surface area contributed by atoms with E-state index in [1.54, 1.807) is 0 Å². The van der Waals surface area contributed by atoms with Gasteiger partial charge in [0.1, 0.15) is 12.7 Å². The van der Waals surface area contributed by atoms with Crippen molar-refractivity contribution >= 4 is 19.8 Å². The number of hydrogen-bond acceptors (Lipinski definition) is 9. The van der Waals surface area contributed by atoms with Gasteiger partial charge in [-0.25, -0.2) is 4.57 Å². The van der Waals surface area contributed by atoms with E-state index in [4.69, 9.17) is 19.1 Å². The molecule has 0 saturated heterocycles. The van der Waals surface area contributed by atoms with E-state index in [-0.39, 0.29) is 19.4 Å². The normalized spacial score (nSPS) is 14.2. The number of carbonyl (C=O) groups excluding carboxylic acids is 2. The first-order chi connectivity index (χ1) is 24.7. The summed E-state index contributed by atoms with van der Waals surface area (Å²) >= 11 is 0. The zero-order chi connectivity index (χ0) is 37.7. The highest BCUT2D eigenvalue weighted by molar-refractivity contribution is 7.47. The van der Waals surface area contributed by atoms with Gasteiger partial charge >= 0.3 is 19.8 Å². The molecule has 0 aliphatic heterocycles. The van der Waals surface area contributed by atoms with Gasteiger partial charge in [0.25, 0.3) is 0 Å². The van der Waals surface area contributed by atoms with Crippen molar-refractivity contribution in [2.24, 2.45) is 0 Å². The van der Waals surface area contributed by atoms with Gasteiger partial charge in [0, 0.05) is 12.8 Å². The maximum atomic E-state index is 12.6. The van der Waals surface area contributed by atoms with Gasteiger partial charge in [-0.05, 0) is 64.2 Å². The molecule has 0 spiro atoms. The van der Waals surface area contributed by atoms with Crippen LogP contribution >= 0.6 is 7.82 Å². The molecular weight excluding hydrogens is 671 g/mol. The summed E-state index contributed by atoms with van der Waals surface area (Å²) in [6.07, 6.45) is 34.3. The predicted molar refractivity (Wildman–Crippen MR) is 205 cm³/mol. The zero-order valence-corrected chi connectivity index (χ0v) is 33.2. The average molecular weight is 747 g/mol. The molecule has 0 aromatic carbocycles. The monoisotopic (exact) mass is 747 g/mol. The van der Waals surface area contributed by atoms with E-state index < -0.39 is 51.8 Å². The largest absolute Gasteiger partial charge is 0.472 e. The lowest BCUT2D eigenvalue weighted by Gasteiger charge is -2.20. The second-order valence-corrected chi connectivity index (χ2v) is 15.1. The number of ether oxygens (including phenoxy) is 2. The van der Waals surface area contributed by atoms with Crippen molar-refractivity contribution < 1.29 is 47.8 Å². The molecular formula is C40H75O10P. The van der Waals surface area contributed by atoms with Gasteiger partial charge in [-0.2, -0.15) is 0 Å². The highest BCUT2D eigenvalue weighted by Gasteiger charge is 2.27. The Kier molecular flexibility index (Phi) is 35.7. The van der Waals surface area contributed by atoms with Gasteiger partial charge < -0.3 is 24.6 Å². The summed E-state index contributed by atoms with van der Waals surface area (Å²) in [5, 5.41) is 18.3. The number of phosphoric ester groups is 1. The van der Waals surface area contributed by atoms with Crippen molar-refractivity contribution in [3.8, 4) is 0 Å². The first kappa shape index (κ1) is 49.5. The molecule has 0 fully saturated rings. The molecule has 10 nitrogen and oxygen atoms in total.